The fourth-order valence-electron chi connectivity index (χ4n) is 3.92. The van der Waals surface area contributed by atoms with Crippen molar-refractivity contribution in [2.45, 2.75) is 84.4 Å². The second-order valence-electron chi connectivity index (χ2n) is 9.18. The smallest absolute Gasteiger partial charge is 0.410 e. The first-order valence-electron chi connectivity index (χ1n) is 10.7. The third-order valence-corrected chi connectivity index (χ3v) is 5.52. The lowest BCUT2D eigenvalue weighted by Crippen LogP contribution is -2.42. The molecule has 4 rings (SSSR count). The molecule has 0 N–H and O–H groups in total. The van der Waals surface area contributed by atoms with Gasteiger partial charge in [-0.25, -0.2) is 14.5 Å². The number of amides is 1. The highest BCUT2D eigenvalue weighted by molar-refractivity contribution is 5.68. The Morgan fingerprint density at radius 2 is 1.86 bits per heavy atom. The zero-order valence-electron chi connectivity index (χ0n) is 18.2. The average molecular weight is 401 g/mol. The summed E-state index contributed by atoms with van der Waals surface area (Å²) in [5, 5.41) is 9.53. The Balaban J connectivity index is 1.53. The molecule has 8 nitrogen and oxygen atoms in total. The predicted octanol–water partition coefficient (Wildman–Crippen LogP) is 3.92. The summed E-state index contributed by atoms with van der Waals surface area (Å²) in [5.41, 5.74) is 1.80. The van der Waals surface area contributed by atoms with E-state index in [0.717, 1.165) is 42.3 Å². The Hall–Kier alpha value is -2.38. The lowest BCUT2D eigenvalue weighted by Gasteiger charge is -2.33. The van der Waals surface area contributed by atoms with Crippen LogP contribution in [-0.2, 0) is 11.3 Å². The van der Waals surface area contributed by atoms with Crippen molar-refractivity contribution in [3.05, 3.63) is 17.7 Å². The molecule has 0 atom stereocenters. The molecule has 1 amide bonds. The molecule has 1 saturated heterocycles. The first-order chi connectivity index (χ1) is 13.7. The zero-order valence-corrected chi connectivity index (χ0v) is 18.2. The van der Waals surface area contributed by atoms with Crippen LogP contribution in [0.2, 0.25) is 0 Å². The van der Waals surface area contributed by atoms with Crippen LogP contribution in [0.25, 0.3) is 11.4 Å². The Kier molecular flexibility index (Phi) is 5.12. The Bertz CT molecular complexity index is 882. The van der Waals surface area contributed by atoms with E-state index in [9.17, 15) is 4.79 Å². The third kappa shape index (κ3) is 4.31. The molecule has 2 aliphatic rings. The van der Waals surface area contributed by atoms with Gasteiger partial charge >= 0.3 is 6.09 Å². The number of ether oxygens (including phenoxy) is 1. The maximum Gasteiger partial charge on any atom is 0.410 e. The number of piperidine rings is 1. The monoisotopic (exact) mass is 400 g/mol. The molecular weight excluding hydrogens is 368 g/mol. The van der Waals surface area contributed by atoms with Crippen LogP contribution in [0.5, 0.6) is 0 Å². The highest BCUT2D eigenvalue weighted by Crippen LogP contribution is 2.43. The van der Waals surface area contributed by atoms with Gasteiger partial charge in [-0.15, -0.1) is 0 Å². The van der Waals surface area contributed by atoms with Gasteiger partial charge in [-0.1, -0.05) is 0 Å². The molecule has 1 aliphatic carbocycles. The topological polar surface area (TPSA) is 78.1 Å². The lowest BCUT2D eigenvalue weighted by atomic mass is 10.0. The number of nitrogens with zero attached hydrogens (tertiary/aromatic N) is 6. The average Bonchev–Trinajstić information content (AvgIpc) is 3.30. The Morgan fingerprint density at radius 1 is 1.17 bits per heavy atom. The zero-order chi connectivity index (χ0) is 20.8. The summed E-state index contributed by atoms with van der Waals surface area (Å²) in [6.45, 7) is 11.9. The molecule has 2 aromatic rings. The van der Waals surface area contributed by atoms with Crippen molar-refractivity contribution in [2.75, 3.05) is 13.1 Å². The van der Waals surface area contributed by atoms with E-state index in [-0.39, 0.29) is 12.1 Å². The maximum absolute atomic E-state index is 12.4. The van der Waals surface area contributed by atoms with E-state index in [1.165, 1.54) is 12.8 Å². The van der Waals surface area contributed by atoms with E-state index >= 15 is 0 Å². The summed E-state index contributed by atoms with van der Waals surface area (Å²) < 4.78 is 9.60. The Labute approximate surface area is 172 Å². The van der Waals surface area contributed by atoms with E-state index in [1.807, 2.05) is 32.4 Å². The standard InChI is InChI=1S/C21H32N6O2/c1-6-26-13-17(18(24-26)15-7-8-15)19-22-14(2)23-27(19)16-9-11-25(12-10-16)20(28)29-21(3,4)5/h13,15-16H,6-12H2,1-5H3. The summed E-state index contributed by atoms with van der Waals surface area (Å²) in [5.74, 6) is 2.25. The van der Waals surface area contributed by atoms with Gasteiger partial charge in [0, 0.05) is 31.7 Å². The summed E-state index contributed by atoms with van der Waals surface area (Å²) in [6, 6.07) is 0.224. The van der Waals surface area contributed by atoms with E-state index in [1.54, 1.807) is 4.90 Å². The Morgan fingerprint density at radius 3 is 2.45 bits per heavy atom. The molecule has 2 fully saturated rings. The number of aryl methyl sites for hydroxylation is 2. The molecule has 0 unspecified atom stereocenters. The highest BCUT2D eigenvalue weighted by Gasteiger charge is 2.33. The van der Waals surface area contributed by atoms with Crippen molar-refractivity contribution < 1.29 is 9.53 Å². The van der Waals surface area contributed by atoms with Crippen molar-refractivity contribution in [2.24, 2.45) is 0 Å². The van der Waals surface area contributed by atoms with Crippen molar-refractivity contribution in [1.29, 1.82) is 0 Å². The minimum absolute atomic E-state index is 0.224. The van der Waals surface area contributed by atoms with Gasteiger partial charge in [-0.2, -0.15) is 10.2 Å². The number of carbonyl (C=O) groups excluding carboxylic acids is 1. The van der Waals surface area contributed by atoms with Crippen LogP contribution >= 0.6 is 0 Å². The molecule has 158 valence electrons. The number of likely N-dealkylation sites (tertiary alicyclic amines) is 1. The van der Waals surface area contributed by atoms with Gasteiger partial charge in [0.05, 0.1) is 17.3 Å². The van der Waals surface area contributed by atoms with Crippen molar-refractivity contribution in [3.8, 4) is 11.4 Å². The molecule has 0 spiro atoms. The van der Waals surface area contributed by atoms with Crippen LogP contribution in [0.3, 0.4) is 0 Å². The van der Waals surface area contributed by atoms with Crippen LogP contribution in [0.15, 0.2) is 6.20 Å². The van der Waals surface area contributed by atoms with Crippen molar-refractivity contribution >= 4 is 6.09 Å². The van der Waals surface area contributed by atoms with Gasteiger partial charge in [-0.05, 0) is 60.3 Å². The van der Waals surface area contributed by atoms with Crippen LogP contribution in [-0.4, -0.2) is 54.2 Å². The number of rotatable bonds is 4. The number of hydrogen-bond donors (Lipinski definition) is 0. The van der Waals surface area contributed by atoms with Gasteiger partial charge in [0.1, 0.15) is 11.4 Å². The first-order valence-corrected chi connectivity index (χ1v) is 10.7. The lowest BCUT2D eigenvalue weighted by molar-refractivity contribution is 0.0185. The van der Waals surface area contributed by atoms with Gasteiger partial charge in [0.15, 0.2) is 5.82 Å². The SMILES string of the molecule is CCn1cc(-c2nc(C)nn2C2CCN(C(=O)OC(C)(C)C)CC2)c(C2CC2)n1. The number of aromatic nitrogens is 5. The first kappa shape index (κ1) is 19.9. The summed E-state index contributed by atoms with van der Waals surface area (Å²) in [4.78, 5) is 18.9. The second-order valence-corrected chi connectivity index (χ2v) is 9.18. The third-order valence-electron chi connectivity index (χ3n) is 5.52. The summed E-state index contributed by atoms with van der Waals surface area (Å²) in [6.07, 6.45) is 5.98. The van der Waals surface area contributed by atoms with Crippen LogP contribution in [0, 0.1) is 6.92 Å². The molecule has 29 heavy (non-hydrogen) atoms. The number of carbonyl (C=O) groups is 1. The molecule has 0 radical (unpaired) electrons. The quantitative estimate of drug-likeness (QED) is 0.777. The minimum atomic E-state index is -0.469. The molecule has 0 bridgehead atoms. The fraction of sp³-hybridized carbons (Fsp3) is 0.714. The highest BCUT2D eigenvalue weighted by atomic mass is 16.6. The summed E-state index contributed by atoms with van der Waals surface area (Å²) in [7, 11) is 0. The van der Waals surface area contributed by atoms with Crippen molar-refractivity contribution in [3.63, 3.8) is 0 Å². The fourth-order valence-corrected chi connectivity index (χ4v) is 3.92. The minimum Gasteiger partial charge on any atom is -0.444 e. The number of hydrogen-bond acceptors (Lipinski definition) is 5. The second kappa shape index (κ2) is 7.46. The molecule has 3 heterocycles. The predicted molar refractivity (Wildman–Crippen MR) is 110 cm³/mol. The van der Waals surface area contributed by atoms with E-state index in [0.29, 0.717) is 19.0 Å². The maximum atomic E-state index is 12.4. The molecule has 2 aromatic heterocycles. The molecule has 1 aliphatic heterocycles. The van der Waals surface area contributed by atoms with Crippen LogP contribution in [0.4, 0.5) is 4.79 Å². The van der Waals surface area contributed by atoms with Crippen molar-refractivity contribution in [1.82, 2.24) is 29.4 Å². The van der Waals surface area contributed by atoms with E-state index in [4.69, 9.17) is 19.9 Å². The van der Waals surface area contributed by atoms with Gasteiger partial charge in [-0.3, -0.25) is 4.68 Å². The van der Waals surface area contributed by atoms with Gasteiger partial charge < -0.3 is 9.64 Å². The molecule has 8 heteroatoms. The van der Waals surface area contributed by atoms with E-state index in [2.05, 4.69) is 17.8 Å². The largest absolute Gasteiger partial charge is 0.444 e. The summed E-state index contributed by atoms with van der Waals surface area (Å²) >= 11 is 0. The van der Waals surface area contributed by atoms with Crippen LogP contribution in [0.1, 0.15) is 76.9 Å². The van der Waals surface area contributed by atoms with E-state index < -0.39 is 5.60 Å². The van der Waals surface area contributed by atoms with Gasteiger partial charge in [0.25, 0.3) is 0 Å². The normalized spacial score (nSPS) is 18.3. The molecular formula is C21H32N6O2. The van der Waals surface area contributed by atoms with Crippen LogP contribution < -0.4 is 0 Å². The van der Waals surface area contributed by atoms with Gasteiger partial charge in [0.2, 0.25) is 0 Å². The molecule has 1 saturated carbocycles. The molecule has 0 aromatic carbocycles.